The van der Waals surface area contributed by atoms with E-state index in [1.807, 2.05) is 0 Å². The molecule has 0 aliphatic rings. The number of esters is 1. The van der Waals surface area contributed by atoms with Gasteiger partial charge in [-0.15, -0.1) is 10.2 Å². The Morgan fingerprint density at radius 3 is 2.60 bits per heavy atom. The molecule has 1 aromatic carbocycles. The molecule has 25 heavy (non-hydrogen) atoms. The van der Waals surface area contributed by atoms with Crippen molar-refractivity contribution in [3.05, 3.63) is 53.3 Å². The van der Waals surface area contributed by atoms with Crippen LogP contribution in [0.2, 0.25) is 5.02 Å². The molecule has 0 N–H and O–H groups in total. The average molecular weight is 359 g/mol. The highest BCUT2D eigenvalue weighted by atomic mass is 35.5. The molecule has 2 aromatic heterocycles. The summed E-state index contributed by atoms with van der Waals surface area (Å²) < 4.78 is 11.5. The number of methoxy groups -OCH3 is 2. The largest absolute Gasteiger partial charge is 0.497 e. The maximum absolute atomic E-state index is 11.6. The Hall–Kier alpha value is -2.93. The standard InChI is InChI=1S/C17H15ClN4O3/c1-24-13-6-4-12(5-7-13)20-21-17-14(9-16(23)25-2)19-15-8-3-11(18)10-22(15)17/h3-8,10H,9H2,1-2H3. The molecule has 128 valence electrons. The first kappa shape index (κ1) is 16.9. The molecule has 7 nitrogen and oxygen atoms in total. The van der Waals surface area contributed by atoms with Gasteiger partial charge < -0.3 is 9.47 Å². The van der Waals surface area contributed by atoms with Gasteiger partial charge in [-0.25, -0.2) is 4.98 Å². The number of aromatic nitrogens is 2. The Kier molecular flexibility index (Phi) is 4.95. The van der Waals surface area contributed by atoms with Gasteiger partial charge in [-0.3, -0.25) is 9.20 Å². The number of carbonyl (C=O) groups excluding carboxylic acids is 1. The van der Waals surface area contributed by atoms with Crippen LogP contribution in [0.25, 0.3) is 5.65 Å². The second kappa shape index (κ2) is 7.31. The van der Waals surface area contributed by atoms with Gasteiger partial charge in [0.05, 0.1) is 37.0 Å². The molecule has 0 aliphatic carbocycles. The van der Waals surface area contributed by atoms with E-state index in [2.05, 4.69) is 15.2 Å². The number of imidazole rings is 1. The minimum atomic E-state index is -0.407. The van der Waals surface area contributed by atoms with Gasteiger partial charge in [0.25, 0.3) is 0 Å². The summed E-state index contributed by atoms with van der Waals surface area (Å²) in [5.74, 6) is 0.751. The molecule has 8 heteroatoms. The molecular formula is C17H15ClN4O3. The molecule has 0 spiro atoms. The summed E-state index contributed by atoms with van der Waals surface area (Å²) in [6, 6.07) is 10.6. The molecule has 0 atom stereocenters. The summed E-state index contributed by atoms with van der Waals surface area (Å²) in [4.78, 5) is 16.0. The summed E-state index contributed by atoms with van der Waals surface area (Å²) >= 11 is 6.06. The lowest BCUT2D eigenvalue weighted by Gasteiger charge is -2.00. The maximum Gasteiger partial charge on any atom is 0.311 e. The molecule has 0 radical (unpaired) electrons. The number of azo groups is 1. The van der Waals surface area contributed by atoms with E-state index in [4.69, 9.17) is 21.1 Å². The number of ether oxygens (including phenoxy) is 2. The first-order chi connectivity index (χ1) is 12.1. The van der Waals surface area contributed by atoms with Crippen molar-refractivity contribution in [2.75, 3.05) is 14.2 Å². The van der Waals surface area contributed by atoms with Crippen LogP contribution in [0.1, 0.15) is 5.69 Å². The maximum atomic E-state index is 11.6. The van der Waals surface area contributed by atoms with E-state index in [1.165, 1.54) is 7.11 Å². The van der Waals surface area contributed by atoms with Crippen molar-refractivity contribution in [3.8, 4) is 5.75 Å². The lowest BCUT2D eigenvalue weighted by atomic mass is 10.3. The van der Waals surface area contributed by atoms with E-state index in [0.29, 0.717) is 27.9 Å². The van der Waals surface area contributed by atoms with Crippen LogP contribution in [-0.4, -0.2) is 29.6 Å². The van der Waals surface area contributed by atoms with Gasteiger partial charge in [-0.1, -0.05) is 11.6 Å². The number of halogens is 1. The van der Waals surface area contributed by atoms with Crippen LogP contribution in [-0.2, 0) is 16.0 Å². The van der Waals surface area contributed by atoms with Crippen molar-refractivity contribution in [1.82, 2.24) is 9.38 Å². The normalized spacial score (nSPS) is 11.2. The van der Waals surface area contributed by atoms with E-state index >= 15 is 0 Å². The SMILES string of the molecule is COC(=O)Cc1nc2ccc(Cl)cn2c1N=Nc1ccc(OC)cc1. The number of benzene rings is 1. The fourth-order valence-corrected chi connectivity index (χ4v) is 2.40. The summed E-state index contributed by atoms with van der Waals surface area (Å²) in [5.41, 5.74) is 1.72. The monoisotopic (exact) mass is 358 g/mol. The Bertz CT molecular complexity index is 935. The van der Waals surface area contributed by atoms with Gasteiger partial charge in [-0.2, -0.15) is 0 Å². The van der Waals surface area contributed by atoms with Crippen LogP contribution in [0.5, 0.6) is 5.75 Å². The van der Waals surface area contributed by atoms with Crippen molar-refractivity contribution in [2.24, 2.45) is 10.2 Å². The van der Waals surface area contributed by atoms with Gasteiger partial charge in [0.1, 0.15) is 11.4 Å². The molecule has 0 saturated carbocycles. The van der Waals surface area contributed by atoms with Crippen LogP contribution < -0.4 is 4.74 Å². The topological polar surface area (TPSA) is 77.5 Å². The molecule has 0 saturated heterocycles. The highest BCUT2D eigenvalue weighted by Gasteiger charge is 2.16. The quantitative estimate of drug-likeness (QED) is 0.507. The fourth-order valence-electron chi connectivity index (χ4n) is 2.24. The molecule has 0 bridgehead atoms. The van der Waals surface area contributed by atoms with E-state index in [-0.39, 0.29) is 6.42 Å². The summed E-state index contributed by atoms with van der Waals surface area (Å²) in [5, 5.41) is 9.00. The minimum absolute atomic E-state index is 0.00718. The first-order valence-corrected chi connectivity index (χ1v) is 7.77. The first-order valence-electron chi connectivity index (χ1n) is 7.40. The van der Waals surface area contributed by atoms with Crippen molar-refractivity contribution in [1.29, 1.82) is 0 Å². The van der Waals surface area contributed by atoms with E-state index in [0.717, 1.165) is 5.75 Å². The number of pyridine rings is 1. The number of nitrogens with zero attached hydrogens (tertiary/aromatic N) is 4. The zero-order chi connectivity index (χ0) is 17.8. The number of carbonyl (C=O) groups is 1. The molecule has 0 fully saturated rings. The zero-order valence-corrected chi connectivity index (χ0v) is 14.4. The Balaban J connectivity index is 2.01. The lowest BCUT2D eigenvalue weighted by Crippen LogP contribution is -2.04. The summed E-state index contributed by atoms with van der Waals surface area (Å²) in [6.45, 7) is 0. The smallest absolute Gasteiger partial charge is 0.311 e. The van der Waals surface area contributed by atoms with Gasteiger partial charge in [-0.05, 0) is 36.4 Å². The highest BCUT2D eigenvalue weighted by molar-refractivity contribution is 6.30. The zero-order valence-electron chi connectivity index (χ0n) is 13.6. The minimum Gasteiger partial charge on any atom is -0.497 e. The predicted octanol–water partition coefficient (Wildman–Crippen LogP) is 4.13. The van der Waals surface area contributed by atoms with Crippen molar-refractivity contribution < 1.29 is 14.3 Å². The molecule has 3 rings (SSSR count). The lowest BCUT2D eigenvalue weighted by molar-refractivity contribution is -0.139. The van der Waals surface area contributed by atoms with E-state index in [9.17, 15) is 4.79 Å². The Labute approximate surface area is 148 Å². The van der Waals surface area contributed by atoms with E-state index in [1.54, 1.807) is 54.1 Å². The van der Waals surface area contributed by atoms with E-state index < -0.39 is 5.97 Å². The van der Waals surface area contributed by atoms with Crippen molar-refractivity contribution in [2.45, 2.75) is 6.42 Å². The molecule has 0 aliphatic heterocycles. The summed E-state index contributed by atoms with van der Waals surface area (Å²) in [7, 11) is 2.92. The molecule has 0 unspecified atom stereocenters. The fraction of sp³-hybridized carbons (Fsp3) is 0.176. The van der Waals surface area contributed by atoms with Gasteiger partial charge >= 0.3 is 5.97 Å². The summed E-state index contributed by atoms with van der Waals surface area (Å²) in [6.07, 6.45) is 1.67. The average Bonchev–Trinajstić information content (AvgIpc) is 2.96. The van der Waals surface area contributed by atoms with Crippen LogP contribution in [0, 0.1) is 0 Å². The van der Waals surface area contributed by atoms with Crippen molar-refractivity contribution in [3.63, 3.8) is 0 Å². The molecule has 0 amide bonds. The third-order valence-electron chi connectivity index (χ3n) is 3.50. The third-order valence-corrected chi connectivity index (χ3v) is 3.72. The second-order valence-electron chi connectivity index (χ2n) is 5.11. The van der Waals surface area contributed by atoms with Crippen LogP contribution in [0.4, 0.5) is 11.5 Å². The predicted molar refractivity (Wildman–Crippen MR) is 93.1 cm³/mol. The number of hydrogen-bond donors (Lipinski definition) is 0. The highest BCUT2D eigenvalue weighted by Crippen LogP contribution is 2.27. The Morgan fingerprint density at radius 2 is 1.92 bits per heavy atom. The van der Waals surface area contributed by atoms with Gasteiger partial charge in [0, 0.05) is 6.20 Å². The molecule has 2 heterocycles. The number of fused-ring (bicyclic) bond motifs is 1. The number of rotatable bonds is 5. The van der Waals surface area contributed by atoms with Crippen LogP contribution in [0.15, 0.2) is 52.8 Å². The molecular weight excluding hydrogens is 344 g/mol. The van der Waals surface area contributed by atoms with Gasteiger partial charge in [0.2, 0.25) is 0 Å². The van der Waals surface area contributed by atoms with Gasteiger partial charge in [0.15, 0.2) is 5.82 Å². The Morgan fingerprint density at radius 1 is 1.16 bits per heavy atom. The number of hydrogen-bond acceptors (Lipinski definition) is 6. The van der Waals surface area contributed by atoms with Crippen LogP contribution >= 0.6 is 11.6 Å². The third kappa shape index (κ3) is 3.77. The van der Waals surface area contributed by atoms with Crippen LogP contribution in [0.3, 0.4) is 0 Å². The second-order valence-corrected chi connectivity index (χ2v) is 5.54. The molecule has 3 aromatic rings. The van der Waals surface area contributed by atoms with Crippen molar-refractivity contribution >= 4 is 34.7 Å².